The Hall–Kier alpha value is -1.19. The van der Waals surface area contributed by atoms with Gasteiger partial charge in [0.15, 0.2) is 0 Å². The molecule has 0 radical (unpaired) electrons. The molecule has 0 atom stereocenters. The summed E-state index contributed by atoms with van der Waals surface area (Å²) < 4.78 is 38.2. The van der Waals surface area contributed by atoms with Gasteiger partial charge in [-0.25, -0.2) is 0 Å². The third kappa shape index (κ3) is 2.90. The number of phenolic OH excluding ortho intramolecular Hbond substituents is 1. The minimum Gasteiger partial charge on any atom is -0.508 e. The van der Waals surface area contributed by atoms with Crippen LogP contribution in [-0.2, 0) is 12.6 Å². The molecule has 0 aromatic heterocycles. The van der Waals surface area contributed by atoms with Gasteiger partial charge >= 0.3 is 6.18 Å². The van der Waals surface area contributed by atoms with Crippen molar-refractivity contribution in [2.24, 2.45) is 5.92 Å². The third-order valence-electron chi connectivity index (χ3n) is 2.36. The van der Waals surface area contributed by atoms with E-state index >= 15 is 0 Å². The Morgan fingerprint density at radius 1 is 1.25 bits per heavy atom. The van der Waals surface area contributed by atoms with E-state index in [1.807, 2.05) is 13.8 Å². The summed E-state index contributed by atoms with van der Waals surface area (Å²) in [4.78, 5) is 0. The molecule has 0 bridgehead atoms. The number of alkyl halides is 3. The van der Waals surface area contributed by atoms with Crippen molar-refractivity contribution in [3.63, 3.8) is 0 Å². The fraction of sp³-hybridized carbons (Fsp3) is 0.500. The standard InChI is InChI=1S/C12H15F3O/c1-7(2)4-9-6-11(16)8(3)5-10(9)12(13,14)15/h5-7,16H,4H2,1-3H3. The Balaban J connectivity index is 3.28. The lowest BCUT2D eigenvalue weighted by molar-refractivity contribution is -0.138. The van der Waals surface area contributed by atoms with Crippen LogP contribution in [-0.4, -0.2) is 5.11 Å². The quantitative estimate of drug-likeness (QED) is 0.819. The molecule has 0 saturated heterocycles. The molecule has 0 unspecified atom stereocenters. The molecule has 1 rings (SSSR count). The SMILES string of the molecule is Cc1cc(C(F)(F)F)c(CC(C)C)cc1O. The van der Waals surface area contributed by atoms with Crippen molar-refractivity contribution < 1.29 is 18.3 Å². The summed E-state index contributed by atoms with van der Waals surface area (Å²) in [5, 5.41) is 9.44. The highest BCUT2D eigenvalue weighted by Gasteiger charge is 2.33. The van der Waals surface area contributed by atoms with Crippen molar-refractivity contribution in [2.75, 3.05) is 0 Å². The van der Waals surface area contributed by atoms with E-state index in [9.17, 15) is 18.3 Å². The van der Waals surface area contributed by atoms with Gasteiger partial charge in [-0.05, 0) is 42.5 Å². The molecule has 0 amide bonds. The summed E-state index contributed by atoms with van der Waals surface area (Å²) in [5.74, 6) is 0.0341. The Labute approximate surface area is 92.9 Å². The molecular weight excluding hydrogens is 217 g/mol. The first-order valence-corrected chi connectivity index (χ1v) is 5.11. The predicted octanol–water partition coefficient (Wildman–Crippen LogP) is 3.92. The van der Waals surface area contributed by atoms with Gasteiger partial charge in [-0.2, -0.15) is 13.2 Å². The topological polar surface area (TPSA) is 20.2 Å². The predicted molar refractivity (Wildman–Crippen MR) is 56.4 cm³/mol. The maximum atomic E-state index is 12.7. The third-order valence-corrected chi connectivity index (χ3v) is 2.36. The lowest BCUT2D eigenvalue weighted by Gasteiger charge is -2.16. The van der Waals surface area contributed by atoms with Gasteiger partial charge < -0.3 is 5.11 Å². The second-order valence-corrected chi connectivity index (χ2v) is 4.39. The minimum atomic E-state index is -4.36. The van der Waals surface area contributed by atoms with Crippen LogP contribution in [0.15, 0.2) is 12.1 Å². The van der Waals surface area contributed by atoms with E-state index in [2.05, 4.69) is 0 Å². The normalized spacial score (nSPS) is 12.2. The summed E-state index contributed by atoms with van der Waals surface area (Å²) in [6.07, 6.45) is -4.05. The van der Waals surface area contributed by atoms with Crippen LogP contribution < -0.4 is 0 Å². The van der Waals surface area contributed by atoms with Gasteiger partial charge in [0.1, 0.15) is 5.75 Å². The number of aromatic hydroxyl groups is 1. The molecule has 16 heavy (non-hydrogen) atoms. The highest BCUT2D eigenvalue weighted by Crippen LogP contribution is 2.36. The van der Waals surface area contributed by atoms with Gasteiger partial charge in [-0.1, -0.05) is 13.8 Å². The number of aryl methyl sites for hydroxylation is 1. The molecule has 0 aliphatic heterocycles. The monoisotopic (exact) mass is 232 g/mol. The molecule has 0 spiro atoms. The first-order chi connectivity index (χ1) is 7.21. The highest BCUT2D eigenvalue weighted by molar-refractivity contribution is 5.42. The van der Waals surface area contributed by atoms with E-state index in [1.54, 1.807) is 0 Å². The van der Waals surface area contributed by atoms with E-state index in [1.165, 1.54) is 13.0 Å². The molecule has 0 fully saturated rings. The van der Waals surface area contributed by atoms with Gasteiger partial charge in [-0.15, -0.1) is 0 Å². The zero-order valence-electron chi connectivity index (χ0n) is 9.52. The molecule has 4 heteroatoms. The van der Waals surface area contributed by atoms with E-state index < -0.39 is 11.7 Å². The van der Waals surface area contributed by atoms with E-state index in [4.69, 9.17) is 0 Å². The lowest BCUT2D eigenvalue weighted by atomic mass is 9.95. The largest absolute Gasteiger partial charge is 0.508 e. The number of benzene rings is 1. The minimum absolute atomic E-state index is 0.0800. The molecular formula is C12H15F3O. The van der Waals surface area contributed by atoms with Crippen molar-refractivity contribution >= 4 is 0 Å². The van der Waals surface area contributed by atoms with Crippen molar-refractivity contribution in [3.05, 3.63) is 28.8 Å². The van der Waals surface area contributed by atoms with Crippen LogP contribution in [0.2, 0.25) is 0 Å². The lowest BCUT2D eigenvalue weighted by Crippen LogP contribution is -2.11. The molecule has 0 heterocycles. The average Bonchev–Trinajstić information content (AvgIpc) is 2.08. The molecule has 0 aliphatic carbocycles. The van der Waals surface area contributed by atoms with Crippen LogP contribution in [0.3, 0.4) is 0 Å². The number of rotatable bonds is 2. The first kappa shape index (κ1) is 12.9. The number of halogens is 3. The maximum Gasteiger partial charge on any atom is 0.416 e. The van der Waals surface area contributed by atoms with E-state index in [-0.39, 0.29) is 22.8 Å². The Bertz CT molecular complexity index is 381. The van der Waals surface area contributed by atoms with Crippen LogP contribution in [0.25, 0.3) is 0 Å². The van der Waals surface area contributed by atoms with Crippen molar-refractivity contribution in [2.45, 2.75) is 33.4 Å². The molecule has 1 N–H and O–H groups in total. The fourth-order valence-electron chi connectivity index (χ4n) is 1.61. The smallest absolute Gasteiger partial charge is 0.416 e. The fourth-order valence-corrected chi connectivity index (χ4v) is 1.61. The van der Waals surface area contributed by atoms with Crippen molar-refractivity contribution in [1.29, 1.82) is 0 Å². The molecule has 1 nitrogen and oxygen atoms in total. The molecule has 0 aliphatic rings. The summed E-state index contributed by atoms with van der Waals surface area (Å²) in [6.45, 7) is 5.15. The summed E-state index contributed by atoms with van der Waals surface area (Å²) >= 11 is 0. The summed E-state index contributed by atoms with van der Waals surface area (Å²) in [6, 6.07) is 2.23. The Morgan fingerprint density at radius 3 is 2.25 bits per heavy atom. The molecule has 90 valence electrons. The zero-order valence-corrected chi connectivity index (χ0v) is 9.52. The van der Waals surface area contributed by atoms with Crippen LogP contribution in [0.1, 0.15) is 30.5 Å². The summed E-state index contributed by atoms with van der Waals surface area (Å²) in [5.41, 5.74) is -0.234. The molecule has 1 aromatic rings. The second-order valence-electron chi connectivity index (χ2n) is 4.39. The Kier molecular flexibility index (Phi) is 3.51. The zero-order chi connectivity index (χ0) is 12.5. The van der Waals surface area contributed by atoms with Crippen LogP contribution in [0.4, 0.5) is 13.2 Å². The maximum absolute atomic E-state index is 12.7. The van der Waals surface area contributed by atoms with Crippen molar-refractivity contribution in [3.8, 4) is 5.75 Å². The van der Waals surface area contributed by atoms with Gasteiger partial charge in [0, 0.05) is 0 Å². The van der Waals surface area contributed by atoms with Crippen LogP contribution in [0.5, 0.6) is 5.75 Å². The van der Waals surface area contributed by atoms with Gasteiger partial charge in [0.25, 0.3) is 0 Å². The summed E-state index contributed by atoms with van der Waals surface area (Å²) in [7, 11) is 0. The first-order valence-electron chi connectivity index (χ1n) is 5.11. The van der Waals surface area contributed by atoms with Gasteiger partial charge in [-0.3, -0.25) is 0 Å². The average molecular weight is 232 g/mol. The van der Waals surface area contributed by atoms with E-state index in [0.29, 0.717) is 6.42 Å². The highest BCUT2D eigenvalue weighted by atomic mass is 19.4. The van der Waals surface area contributed by atoms with Gasteiger partial charge in [0.05, 0.1) is 5.56 Å². The number of phenols is 1. The number of hydrogen-bond acceptors (Lipinski definition) is 1. The van der Waals surface area contributed by atoms with Crippen LogP contribution >= 0.6 is 0 Å². The van der Waals surface area contributed by atoms with Gasteiger partial charge in [0.2, 0.25) is 0 Å². The molecule has 0 saturated carbocycles. The van der Waals surface area contributed by atoms with Crippen LogP contribution in [0, 0.1) is 12.8 Å². The van der Waals surface area contributed by atoms with Crippen molar-refractivity contribution in [1.82, 2.24) is 0 Å². The second kappa shape index (κ2) is 4.36. The number of hydrogen-bond donors (Lipinski definition) is 1. The Morgan fingerprint density at radius 2 is 1.81 bits per heavy atom. The van der Waals surface area contributed by atoms with E-state index in [0.717, 1.165) is 6.07 Å². The molecule has 1 aromatic carbocycles.